The van der Waals surface area contributed by atoms with E-state index in [2.05, 4.69) is 16.6 Å². The highest BCUT2D eigenvalue weighted by Gasteiger charge is 2.18. The van der Waals surface area contributed by atoms with Gasteiger partial charge in [-0.25, -0.2) is 8.78 Å². The monoisotopic (exact) mass is 267 g/mol. The van der Waals surface area contributed by atoms with Crippen molar-refractivity contribution in [1.82, 2.24) is 0 Å². The molecule has 0 bridgehead atoms. The number of hydrogen-bond donors (Lipinski definition) is 1. The first-order valence-corrected chi connectivity index (χ1v) is 5.86. The summed E-state index contributed by atoms with van der Waals surface area (Å²) in [5.74, 6) is 3.84. The third-order valence-corrected chi connectivity index (χ3v) is 2.27. The van der Waals surface area contributed by atoms with Crippen molar-refractivity contribution in [3.8, 4) is 11.8 Å². The Morgan fingerprint density at radius 3 is 2.63 bits per heavy atom. The predicted octanol–water partition coefficient (Wildman–Crippen LogP) is 1.80. The van der Waals surface area contributed by atoms with Crippen molar-refractivity contribution in [2.24, 2.45) is 5.73 Å². The number of esters is 1. The van der Waals surface area contributed by atoms with Gasteiger partial charge in [0.15, 0.2) is 6.17 Å². The molecule has 0 fully saturated rings. The van der Waals surface area contributed by atoms with Gasteiger partial charge in [-0.2, -0.15) is 0 Å². The van der Waals surface area contributed by atoms with Crippen molar-refractivity contribution in [3.05, 3.63) is 35.6 Å². The Morgan fingerprint density at radius 1 is 1.42 bits per heavy atom. The van der Waals surface area contributed by atoms with Crippen LogP contribution in [0.4, 0.5) is 8.78 Å². The second-order valence-corrected chi connectivity index (χ2v) is 3.84. The molecule has 102 valence electrons. The maximum atomic E-state index is 13.5. The molecular weight excluding hydrogens is 252 g/mol. The first kappa shape index (κ1) is 15.1. The number of rotatable bonds is 4. The Morgan fingerprint density at radius 2 is 2.05 bits per heavy atom. The first-order valence-electron chi connectivity index (χ1n) is 5.86. The van der Waals surface area contributed by atoms with Gasteiger partial charge >= 0.3 is 5.97 Å². The van der Waals surface area contributed by atoms with Crippen LogP contribution in [0.2, 0.25) is 0 Å². The Balaban J connectivity index is 2.53. The van der Waals surface area contributed by atoms with E-state index in [0.29, 0.717) is 5.56 Å². The summed E-state index contributed by atoms with van der Waals surface area (Å²) in [4.78, 5) is 11.2. The summed E-state index contributed by atoms with van der Waals surface area (Å²) in [6.45, 7) is 1.84. The van der Waals surface area contributed by atoms with E-state index in [0.717, 1.165) is 0 Å². The lowest BCUT2D eigenvalue weighted by Crippen LogP contribution is -2.34. The highest BCUT2D eigenvalue weighted by Crippen LogP contribution is 2.04. The van der Waals surface area contributed by atoms with Crippen LogP contribution >= 0.6 is 0 Å². The van der Waals surface area contributed by atoms with Crippen LogP contribution in [0.15, 0.2) is 24.3 Å². The minimum Gasteiger partial charge on any atom is -0.465 e. The Hall–Kier alpha value is -1.93. The second kappa shape index (κ2) is 7.49. The Bertz CT molecular complexity index is 476. The normalized spacial score (nSPS) is 13.1. The SMILES string of the molecule is CCOC(=O)[C@@H](N)C[C@H](F)C#Cc1ccc(F)cc1. The molecule has 19 heavy (non-hydrogen) atoms. The molecule has 0 spiro atoms. The van der Waals surface area contributed by atoms with Crippen LogP contribution in [0.3, 0.4) is 0 Å². The lowest BCUT2D eigenvalue weighted by atomic mass is 10.1. The highest BCUT2D eigenvalue weighted by atomic mass is 19.1. The molecule has 0 amide bonds. The Kier molecular flexibility index (Phi) is 5.97. The zero-order valence-electron chi connectivity index (χ0n) is 10.5. The van der Waals surface area contributed by atoms with Crippen LogP contribution in [0.25, 0.3) is 0 Å². The van der Waals surface area contributed by atoms with Gasteiger partial charge in [-0.1, -0.05) is 11.8 Å². The summed E-state index contributed by atoms with van der Waals surface area (Å²) in [5, 5.41) is 0. The van der Waals surface area contributed by atoms with Crippen LogP contribution in [0.5, 0.6) is 0 Å². The third-order valence-electron chi connectivity index (χ3n) is 2.27. The van der Waals surface area contributed by atoms with Crippen LogP contribution in [-0.2, 0) is 9.53 Å². The molecule has 3 nitrogen and oxygen atoms in total. The molecule has 0 aliphatic carbocycles. The van der Waals surface area contributed by atoms with Crippen LogP contribution in [0, 0.1) is 17.7 Å². The summed E-state index contributed by atoms with van der Waals surface area (Å²) in [7, 11) is 0. The van der Waals surface area contributed by atoms with Crippen molar-refractivity contribution in [2.75, 3.05) is 6.61 Å². The number of benzene rings is 1. The molecule has 0 aromatic heterocycles. The van der Waals surface area contributed by atoms with E-state index in [9.17, 15) is 13.6 Å². The van der Waals surface area contributed by atoms with Crippen LogP contribution < -0.4 is 5.73 Å². The lowest BCUT2D eigenvalue weighted by molar-refractivity contribution is -0.145. The number of carbonyl (C=O) groups excluding carboxylic acids is 1. The first-order chi connectivity index (χ1) is 9.02. The number of alkyl halides is 1. The molecule has 0 saturated heterocycles. The molecule has 0 radical (unpaired) electrons. The van der Waals surface area contributed by atoms with Gasteiger partial charge in [-0.3, -0.25) is 4.79 Å². The van der Waals surface area contributed by atoms with Crippen molar-refractivity contribution in [2.45, 2.75) is 25.6 Å². The zero-order chi connectivity index (χ0) is 14.3. The maximum absolute atomic E-state index is 13.5. The van der Waals surface area contributed by atoms with Gasteiger partial charge in [0.05, 0.1) is 6.61 Å². The molecule has 0 unspecified atom stereocenters. The van der Waals surface area contributed by atoms with E-state index in [1.165, 1.54) is 24.3 Å². The number of hydrogen-bond acceptors (Lipinski definition) is 3. The molecule has 1 aromatic rings. The average molecular weight is 267 g/mol. The summed E-state index contributed by atoms with van der Waals surface area (Å²) >= 11 is 0. The van der Waals surface area contributed by atoms with Gasteiger partial charge in [0.1, 0.15) is 11.9 Å². The number of carbonyl (C=O) groups is 1. The molecule has 5 heteroatoms. The second-order valence-electron chi connectivity index (χ2n) is 3.84. The van der Waals surface area contributed by atoms with E-state index in [1.807, 2.05) is 0 Å². The molecule has 0 saturated carbocycles. The van der Waals surface area contributed by atoms with Gasteiger partial charge in [0.25, 0.3) is 0 Å². The summed E-state index contributed by atoms with van der Waals surface area (Å²) in [6.07, 6.45) is -1.77. The van der Waals surface area contributed by atoms with E-state index >= 15 is 0 Å². The quantitative estimate of drug-likeness (QED) is 0.668. The molecular formula is C14H15F2NO2. The average Bonchev–Trinajstić information content (AvgIpc) is 2.38. The molecule has 2 atom stereocenters. The Labute approximate surface area is 110 Å². The van der Waals surface area contributed by atoms with Gasteiger partial charge in [-0.05, 0) is 31.2 Å². The largest absolute Gasteiger partial charge is 0.465 e. The van der Waals surface area contributed by atoms with E-state index in [4.69, 9.17) is 5.73 Å². The number of halogens is 2. The highest BCUT2D eigenvalue weighted by molar-refractivity contribution is 5.75. The molecule has 2 N–H and O–H groups in total. The topological polar surface area (TPSA) is 52.3 Å². The predicted molar refractivity (Wildman–Crippen MR) is 67.4 cm³/mol. The van der Waals surface area contributed by atoms with Crippen molar-refractivity contribution < 1.29 is 18.3 Å². The van der Waals surface area contributed by atoms with E-state index in [-0.39, 0.29) is 18.8 Å². The van der Waals surface area contributed by atoms with Gasteiger partial charge in [0, 0.05) is 12.0 Å². The molecule has 0 aliphatic heterocycles. The fourth-order valence-corrected chi connectivity index (χ4v) is 1.32. The van der Waals surface area contributed by atoms with Gasteiger partial charge in [0.2, 0.25) is 0 Å². The van der Waals surface area contributed by atoms with Gasteiger partial charge in [-0.15, -0.1) is 0 Å². The summed E-state index contributed by atoms with van der Waals surface area (Å²) in [5.41, 5.74) is 5.96. The van der Waals surface area contributed by atoms with Gasteiger partial charge < -0.3 is 10.5 Å². The lowest BCUT2D eigenvalue weighted by Gasteiger charge is -2.10. The van der Waals surface area contributed by atoms with Crippen LogP contribution in [0.1, 0.15) is 18.9 Å². The molecule has 1 aromatic carbocycles. The fourth-order valence-electron chi connectivity index (χ4n) is 1.32. The number of ether oxygens (including phenoxy) is 1. The van der Waals surface area contributed by atoms with Crippen LogP contribution in [-0.4, -0.2) is 24.8 Å². The van der Waals surface area contributed by atoms with E-state index in [1.54, 1.807) is 6.92 Å². The molecule has 1 rings (SSSR count). The summed E-state index contributed by atoms with van der Waals surface area (Å²) in [6, 6.07) is 4.33. The van der Waals surface area contributed by atoms with Crippen molar-refractivity contribution in [1.29, 1.82) is 0 Å². The standard InChI is InChI=1S/C14H15F2NO2/c1-2-19-14(18)13(17)9-12(16)8-5-10-3-6-11(15)7-4-10/h3-4,6-7,12-13H,2,9,17H2,1H3/t12-,13+/m1/s1. The zero-order valence-corrected chi connectivity index (χ0v) is 10.5. The minimum absolute atomic E-state index is 0.199. The van der Waals surface area contributed by atoms with E-state index < -0.39 is 18.2 Å². The smallest absolute Gasteiger partial charge is 0.323 e. The summed E-state index contributed by atoms with van der Waals surface area (Å²) < 4.78 is 30.8. The van der Waals surface area contributed by atoms with Crippen molar-refractivity contribution >= 4 is 5.97 Å². The number of nitrogens with two attached hydrogens (primary N) is 1. The maximum Gasteiger partial charge on any atom is 0.323 e. The molecule has 0 heterocycles. The molecule has 0 aliphatic rings. The van der Waals surface area contributed by atoms with Crippen molar-refractivity contribution in [3.63, 3.8) is 0 Å². The minimum atomic E-state index is -1.54. The fraction of sp³-hybridized carbons (Fsp3) is 0.357. The third kappa shape index (κ3) is 5.49.